The van der Waals surface area contributed by atoms with E-state index in [0.29, 0.717) is 29.5 Å². The van der Waals surface area contributed by atoms with Crippen molar-refractivity contribution < 1.29 is 9.53 Å². The predicted octanol–water partition coefficient (Wildman–Crippen LogP) is 4.30. The number of nitrogens with one attached hydrogen (secondary N) is 2. The van der Waals surface area contributed by atoms with E-state index in [2.05, 4.69) is 30.6 Å². The van der Waals surface area contributed by atoms with Crippen LogP contribution in [0.3, 0.4) is 0 Å². The molecule has 0 bridgehead atoms. The van der Waals surface area contributed by atoms with E-state index in [4.69, 9.17) is 10.00 Å². The minimum Gasteiger partial charge on any atom is -0.489 e. The SMILES string of the molecule is CC(C)[C@@H](C)NC(=O)Nc1cccc(OCc2cccc(C#N)c2)c1. The number of rotatable bonds is 6. The summed E-state index contributed by atoms with van der Waals surface area (Å²) < 4.78 is 5.75. The molecule has 0 saturated heterocycles. The number of carbonyl (C=O) groups is 1. The van der Waals surface area contributed by atoms with Crippen LogP contribution < -0.4 is 15.4 Å². The molecular formula is C20H23N3O2. The fourth-order valence-corrected chi connectivity index (χ4v) is 2.10. The molecule has 0 saturated carbocycles. The van der Waals surface area contributed by atoms with Crippen molar-refractivity contribution in [3.8, 4) is 11.8 Å². The Hall–Kier alpha value is -3.00. The second-order valence-electron chi connectivity index (χ2n) is 6.26. The monoisotopic (exact) mass is 337 g/mol. The maximum atomic E-state index is 12.0. The summed E-state index contributed by atoms with van der Waals surface area (Å²) in [6.07, 6.45) is 0. The van der Waals surface area contributed by atoms with Gasteiger partial charge in [0.05, 0.1) is 11.6 Å². The molecule has 0 fully saturated rings. The number of nitrogens with zero attached hydrogens (tertiary/aromatic N) is 1. The van der Waals surface area contributed by atoms with Gasteiger partial charge in [-0.05, 0) is 42.7 Å². The van der Waals surface area contributed by atoms with Crippen LogP contribution in [0.5, 0.6) is 5.75 Å². The number of nitriles is 1. The Morgan fingerprint density at radius 2 is 1.92 bits per heavy atom. The van der Waals surface area contributed by atoms with Crippen LogP contribution in [-0.2, 0) is 6.61 Å². The molecule has 0 aliphatic rings. The number of ether oxygens (including phenoxy) is 1. The molecule has 2 N–H and O–H groups in total. The van der Waals surface area contributed by atoms with Gasteiger partial charge in [0.25, 0.3) is 0 Å². The Labute approximate surface area is 148 Å². The molecule has 2 rings (SSSR count). The zero-order chi connectivity index (χ0) is 18.2. The van der Waals surface area contributed by atoms with Gasteiger partial charge in [-0.15, -0.1) is 0 Å². The van der Waals surface area contributed by atoms with Gasteiger partial charge in [-0.25, -0.2) is 4.79 Å². The number of anilines is 1. The van der Waals surface area contributed by atoms with Gasteiger partial charge in [0.15, 0.2) is 0 Å². The average molecular weight is 337 g/mol. The lowest BCUT2D eigenvalue weighted by molar-refractivity contribution is 0.246. The fraction of sp³-hybridized carbons (Fsp3) is 0.300. The quantitative estimate of drug-likeness (QED) is 0.825. The predicted molar refractivity (Wildman–Crippen MR) is 98.4 cm³/mol. The van der Waals surface area contributed by atoms with E-state index in [0.717, 1.165) is 5.56 Å². The average Bonchev–Trinajstić information content (AvgIpc) is 2.60. The largest absolute Gasteiger partial charge is 0.489 e. The maximum Gasteiger partial charge on any atom is 0.319 e. The van der Waals surface area contributed by atoms with Gasteiger partial charge in [0.1, 0.15) is 12.4 Å². The smallest absolute Gasteiger partial charge is 0.319 e. The molecule has 130 valence electrons. The molecule has 0 heterocycles. The molecule has 25 heavy (non-hydrogen) atoms. The lowest BCUT2D eigenvalue weighted by atomic mass is 10.1. The number of amides is 2. The van der Waals surface area contributed by atoms with Gasteiger partial charge in [-0.2, -0.15) is 5.26 Å². The Morgan fingerprint density at radius 1 is 1.16 bits per heavy atom. The zero-order valence-corrected chi connectivity index (χ0v) is 14.7. The molecular weight excluding hydrogens is 314 g/mol. The third-order valence-corrected chi connectivity index (χ3v) is 3.91. The number of hydrogen-bond acceptors (Lipinski definition) is 3. The fourth-order valence-electron chi connectivity index (χ4n) is 2.10. The Kier molecular flexibility index (Phi) is 6.41. The lowest BCUT2D eigenvalue weighted by Crippen LogP contribution is -2.38. The van der Waals surface area contributed by atoms with Crippen molar-refractivity contribution >= 4 is 11.7 Å². The molecule has 0 spiro atoms. The zero-order valence-electron chi connectivity index (χ0n) is 14.7. The van der Waals surface area contributed by atoms with E-state index in [1.165, 1.54) is 0 Å². The topological polar surface area (TPSA) is 74.2 Å². The van der Waals surface area contributed by atoms with Crippen molar-refractivity contribution in [3.05, 3.63) is 59.7 Å². The van der Waals surface area contributed by atoms with E-state index in [1.54, 1.807) is 18.2 Å². The highest BCUT2D eigenvalue weighted by atomic mass is 16.5. The minimum atomic E-state index is -0.236. The molecule has 0 unspecified atom stereocenters. The highest BCUT2D eigenvalue weighted by Gasteiger charge is 2.10. The van der Waals surface area contributed by atoms with Gasteiger partial charge < -0.3 is 15.4 Å². The summed E-state index contributed by atoms with van der Waals surface area (Å²) >= 11 is 0. The lowest BCUT2D eigenvalue weighted by Gasteiger charge is -2.18. The third-order valence-electron chi connectivity index (χ3n) is 3.91. The second kappa shape index (κ2) is 8.74. The first kappa shape index (κ1) is 18.3. The molecule has 2 amide bonds. The number of benzene rings is 2. The minimum absolute atomic E-state index is 0.0897. The normalized spacial score (nSPS) is 11.5. The van der Waals surface area contributed by atoms with E-state index in [1.807, 2.05) is 37.3 Å². The summed E-state index contributed by atoms with van der Waals surface area (Å²) in [5.74, 6) is 1.02. The van der Waals surface area contributed by atoms with Crippen molar-refractivity contribution in [2.45, 2.75) is 33.4 Å². The van der Waals surface area contributed by atoms with Gasteiger partial charge >= 0.3 is 6.03 Å². The van der Waals surface area contributed by atoms with Crippen LogP contribution in [0.1, 0.15) is 31.9 Å². The molecule has 0 aromatic heterocycles. The Morgan fingerprint density at radius 3 is 2.64 bits per heavy atom. The van der Waals surface area contributed by atoms with Crippen LogP contribution in [0, 0.1) is 17.2 Å². The number of hydrogen-bond donors (Lipinski definition) is 2. The van der Waals surface area contributed by atoms with Crippen LogP contribution in [-0.4, -0.2) is 12.1 Å². The summed E-state index contributed by atoms with van der Waals surface area (Å²) in [6, 6.07) is 16.5. The van der Waals surface area contributed by atoms with Crippen molar-refractivity contribution in [1.29, 1.82) is 5.26 Å². The first-order chi connectivity index (χ1) is 12.0. The van der Waals surface area contributed by atoms with Gasteiger partial charge in [-0.3, -0.25) is 0 Å². The second-order valence-corrected chi connectivity index (χ2v) is 6.26. The maximum absolute atomic E-state index is 12.0. The van der Waals surface area contributed by atoms with E-state index < -0.39 is 0 Å². The molecule has 2 aromatic rings. The highest BCUT2D eigenvalue weighted by molar-refractivity contribution is 5.89. The number of carbonyl (C=O) groups excluding carboxylic acids is 1. The van der Waals surface area contributed by atoms with Gasteiger partial charge in [-0.1, -0.05) is 32.0 Å². The van der Waals surface area contributed by atoms with Gasteiger partial charge in [0, 0.05) is 17.8 Å². The Balaban J connectivity index is 1.94. The van der Waals surface area contributed by atoms with Crippen LogP contribution in [0.15, 0.2) is 48.5 Å². The van der Waals surface area contributed by atoms with Crippen LogP contribution in [0.4, 0.5) is 10.5 Å². The summed E-state index contributed by atoms with van der Waals surface area (Å²) in [7, 11) is 0. The van der Waals surface area contributed by atoms with E-state index >= 15 is 0 Å². The summed E-state index contributed by atoms with van der Waals surface area (Å²) in [4.78, 5) is 12.0. The van der Waals surface area contributed by atoms with Crippen molar-refractivity contribution in [3.63, 3.8) is 0 Å². The molecule has 1 atom stereocenters. The molecule has 2 aromatic carbocycles. The van der Waals surface area contributed by atoms with Crippen LogP contribution in [0.25, 0.3) is 0 Å². The van der Waals surface area contributed by atoms with Crippen LogP contribution >= 0.6 is 0 Å². The van der Waals surface area contributed by atoms with Crippen molar-refractivity contribution in [2.24, 2.45) is 5.92 Å². The third kappa shape index (κ3) is 5.85. The molecule has 0 radical (unpaired) electrons. The first-order valence-electron chi connectivity index (χ1n) is 8.27. The summed E-state index contributed by atoms with van der Waals surface area (Å²) in [6.45, 7) is 6.44. The van der Waals surface area contributed by atoms with E-state index in [-0.39, 0.29) is 12.1 Å². The summed E-state index contributed by atoms with van der Waals surface area (Å²) in [5.41, 5.74) is 2.19. The number of urea groups is 1. The summed E-state index contributed by atoms with van der Waals surface area (Å²) in [5, 5.41) is 14.6. The highest BCUT2D eigenvalue weighted by Crippen LogP contribution is 2.19. The van der Waals surface area contributed by atoms with Crippen molar-refractivity contribution in [2.75, 3.05) is 5.32 Å². The van der Waals surface area contributed by atoms with Crippen molar-refractivity contribution in [1.82, 2.24) is 5.32 Å². The van der Waals surface area contributed by atoms with E-state index in [9.17, 15) is 4.79 Å². The van der Waals surface area contributed by atoms with Crippen LogP contribution in [0.2, 0.25) is 0 Å². The Bertz CT molecular complexity index is 766. The van der Waals surface area contributed by atoms with Gasteiger partial charge in [0.2, 0.25) is 0 Å². The molecule has 5 nitrogen and oxygen atoms in total. The molecule has 0 aliphatic carbocycles. The molecule has 5 heteroatoms. The standard InChI is InChI=1S/C20H23N3O2/c1-14(2)15(3)22-20(24)23-18-8-5-9-19(11-18)25-13-17-7-4-6-16(10-17)12-21/h4-11,14-15H,13H2,1-3H3,(H2,22,23,24)/t15-/m1/s1. The first-order valence-corrected chi connectivity index (χ1v) is 8.27. The molecule has 0 aliphatic heterocycles.